The van der Waals surface area contributed by atoms with Crippen molar-refractivity contribution in [3.05, 3.63) is 24.0 Å². The van der Waals surface area contributed by atoms with E-state index in [0.717, 1.165) is 38.8 Å². The van der Waals surface area contributed by atoms with Gasteiger partial charge in [-0.3, -0.25) is 33.9 Å². The number of pyridine rings is 1. The van der Waals surface area contributed by atoms with Gasteiger partial charge in [0.2, 0.25) is 23.6 Å². The van der Waals surface area contributed by atoms with E-state index < -0.39 is 11.9 Å². The van der Waals surface area contributed by atoms with Crippen molar-refractivity contribution in [1.29, 1.82) is 0 Å². The maximum absolute atomic E-state index is 13.6. The number of hydrogen-bond donors (Lipinski definition) is 2. The van der Waals surface area contributed by atoms with Gasteiger partial charge in [-0.25, -0.2) is 0 Å². The third-order valence-electron chi connectivity index (χ3n) is 8.01. The molecule has 0 saturated carbocycles. The van der Waals surface area contributed by atoms with Gasteiger partial charge in [-0.15, -0.1) is 0 Å². The summed E-state index contributed by atoms with van der Waals surface area (Å²) >= 11 is 0. The summed E-state index contributed by atoms with van der Waals surface area (Å²) in [5.74, 6) is -1.15. The Morgan fingerprint density at radius 1 is 1.02 bits per heavy atom. The van der Waals surface area contributed by atoms with Gasteiger partial charge in [-0.05, 0) is 44.8 Å². The van der Waals surface area contributed by atoms with Crippen LogP contribution in [0.1, 0.15) is 55.8 Å². The molecule has 0 spiro atoms. The highest BCUT2D eigenvalue weighted by Crippen LogP contribution is 2.22. The number of hydrogen-bond acceptors (Lipinski definition) is 8. The van der Waals surface area contributed by atoms with Crippen molar-refractivity contribution in [1.82, 2.24) is 35.2 Å². The molecule has 3 aliphatic heterocycles. The second-order valence-corrected chi connectivity index (χ2v) is 11.5. The molecule has 2 saturated heterocycles. The van der Waals surface area contributed by atoms with Crippen molar-refractivity contribution >= 4 is 29.5 Å². The number of nitrogens with one attached hydrogen (secondary N) is 2. The molecule has 2 N–H and O–H groups in total. The average Bonchev–Trinajstić information content (AvgIpc) is 3.63. The highest BCUT2D eigenvalue weighted by atomic mass is 16.5. The van der Waals surface area contributed by atoms with Gasteiger partial charge in [-0.1, -0.05) is 13.3 Å². The predicted molar refractivity (Wildman–Crippen MR) is 154 cm³/mol. The first-order valence-corrected chi connectivity index (χ1v) is 14.8. The normalized spacial score (nSPS) is 24.1. The van der Waals surface area contributed by atoms with E-state index in [0.29, 0.717) is 25.1 Å². The number of amides is 5. The van der Waals surface area contributed by atoms with E-state index in [4.69, 9.17) is 4.74 Å². The Labute approximate surface area is 246 Å². The molecular weight excluding hydrogens is 542 g/mol. The summed E-state index contributed by atoms with van der Waals surface area (Å²) in [7, 11) is 3.06. The third kappa shape index (κ3) is 8.17. The van der Waals surface area contributed by atoms with Crippen LogP contribution in [0.4, 0.5) is 0 Å². The van der Waals surface area contributed by atoms with E-state index in [-0.39, 0.29) is 67.5 Å². The standard InChI is InChI=1S/C29H43N7O6/c1-4-5-8-25(37)31-21-12-22-19-42-23-11-20(13-30-14-23)28(40)33(2)16-24(32-26(38)17-35-9-6-7-10-35)29(41)34(3)18-27(39)36(22)15-21/h11,13-14,21-22,24H,4-10,12,15-19H2,1-3H3,(H,31,37)(H,32,38)/t21-,22-,24-/m0/s1. The van der Waals surface area contributed by atoms with Crippen LogP contribution >= 0.6 is 0 Å². The molecule has 230 valence electrons. The van der Waals surface area contributed by atoms with Gasteiger partial charge >= 0.3 is 0 Å². The van der Waals surface area contributed by atoms with Crippen molar-refractivity contribution in [2.75, 3.05) is 60.0 Å². The van der Waals surface area contributed by atoms with E-state index in [2.05, 4.69) is 15.6 Å². The van der Waals surface area contributed by atoms with Crippen LogP contribution in [-0.4, -0.2) is 132 Å². The van der Waals surface area contributed by atoms with E-state index in [1.807, 2.05) is 11.8 Å². The first kappa shape index (κ1) is 31.2. The van der Waals surface area contributed by atoms with E-state index in [9.17, 15) is 24.0 Å². The first-order chi connectivity index (χ1) is 20.1. The third-order valence-corrected chi connectivity index (χ3v) is 8.01. The number of carbonyl (C=O) groups is 5. The lowest BCUT2D eigenvalue weighted by molar-refractivity contribution is -0.142. The van der Waals surface area contributed by atoms with Crippen LogP contribution in [-0.2, 0) is 19.2 Å². The Hall–Kier alpha value is -3.74. The molecule has 1 aromatic heterocycles. The van der Waals surface area contributed by atoms with Gasteiger partial charge in [0.05, 0.1) is 30.9 Å². The van der Waals surface area contributed by atoms with E-state index in [1.165, 1.54) is 29.2 Å². The van der Waals surface area contributed by atoms with Gasteiger partial charge in [0.25, 0.3) is 5.91 Å². The lowest BCUT2D eigenvalue weighted by atomic mass is 10.1. The smallest absolute Gasteiger partial charge is 0.255 e. The molecule has 3 atom stereocenters. The van der Waals surface area contributed by atoms with Gasteiger partial charge < -0.3 is 30.1 Å². The zero-order valence-electron chi connectivity index (χ0n) is 24.8. The Morgan fingerprint density at radius 2 is 1.79 bits per heavy atom. The van der Waals surface area contributed by atoms with Crippen molar-refractivity contribution in [2.45, 2.75) is 63.6 Å². The van der Waals surface area contributed by atoms with Gasteiger partial charge in [-0.2, -0.15) is 0 Å². The van der Waals surface area contributed by atoms with Gasteiger partial charge in [0.15, 0.2) is 0 Å². The van der Waals surface area contributed by atoms with Crippen LogP contribution < -0.4 is 15.4 Å². The summed E-state index contributed by atoms with van der Waals surface area (Å²) < 4.78 is 5.99. The summed E-state index contributed by atoms with van der Waals surface area (Å²) in [6.45, 7) is 3.93. The zero-order valence-corrected chi connectivity index (χ0v) is 24.8. The van der Waals surface area contributed by atoms with Crippen molar-refractivity contribution in [2.24, 2.45) is 0 Å². The Kier molecular flexibility index (Phi) is 10.7. The molecule has 42 heavy (non-hydrogen) atoms. The lowest BCUT2D eigenvalue weighted by Crippen LogP contribution is -2.56. The SMILES string of the molecule is CCCCC(=O)N[C@H]1C[C@H]2COc3cncc(c3)C(=O)N(C)C[C@H](NC(=O)CN3CCCC3)C(=O)N(C)CC(=O)N2C1. The summed E-state index contributed by atoms with van der Waals surface area (Å²) in [5.41, 5.74) is 0.272. The van der Waals surface area contributed by atoms with Crippen molar-refractivity contribution in [3.63, 3.8) is 0 Å². The Morgan fingerprint density at radius 3 is 2.52 bits per heavy atom. The molecular formula is C29H43N7O6. The van der Waals surface area contributed by atoms with Crippen molar-refractivity contribution < 1.29 is 28.7 Å². The number of rotatable bonds is 7. The molecule has 0 unspecified atom stereocenters. The number of likely N-dealkylation sites (N-methyl/N-ethyl adjacent to an activating group) is 2. The van der Waals surface area contributed by atoms with Crippen LogP contribution in [0.2, 0.25) is 0 Å². The summed E-state index contributed by atoms with van der Waals surface area (Å²) in [4.78, 5) is 76.2. The first-order valence-electron chi connectivity index (χ1n) is 14.8. The van der Waals surface area contributed by atoms with Crippen molar-refractivity contribution in [3.8, 4) is 5.75 Å². The fraction of sp³-hybridized carbons (Fsp3) is 0.655. The maximum Gasteiger partial charge on any atom is 0.255 e. The molecule has 5 amide bonds. The topological polar surface area (TPSA) is 144 Å². The largest absolute Gasteiger partial charge is 0.490 e. The molecule has 0 aliphatic carbocycles. The molecule has 0 aromatic carbocycles. The fourth-order valence-electron chi connectivity index (χ4n) is 5.71. The second-order valence-electron chi connectivity index (χ2n) is 11.5. The highest BCUT2D eigenvalue weighted by molar-refractivity contribution is 5.95. The second kappa shape index (κ2) is 14.4. The average molecular weight is 586 g/mol. The molecule has 4 rings (SSSR count). The molecule has 2 fully saturated rings. The fourth-order valence-corrected chi connectivity index (χ4v) is 5.71. The van der Waals surface area contributed by atoms with Gasteiger partial charge in [0, 0.05) is 45.8 Å². The molecule has 13 nitrogen and oxygen atoms in total. The number of unbranched alkanes of at least 4 members (excludes halogenated alkanes) is 1. The number of carbonyl (C=O) groups excluding carboxylic acids is 5. The minimum absolute atomic E-state index is 0.0581. The quantitative estimate of drug-likeness (QED) is 0.450. The molecule has 1 aromatic rings. The highest BCUT2D eigenvalue weighted by Gasteiger charge is 2.38. The van der Waals surface area contributed by atoms with Crippen LogP contribution in [0, 0.1) is 0 Å². The molecule has 0 radical (unpaired) electrons. The van der Waals surface area contributed by atoms with Gasteiger partial charge in [0.1, 0.15) is 18.4 Å². The maximum atomic E-state index is 13.6. The number of aromatic nitrogens is 1. The summed E-state index contributed by atoms with van der Waals surface area (Å²) in [6.07, 6.45) is 7.57. The van der Waals surface area contributed by atoms with E-state index >= 15 is 0 Å². The number of ether oxygens (including phenoxy) is 1. The number of likely N-dealkylation sites (tertiary alicyclic amines) is 1. The summed E-state index contributed by atoms with van der Waals surface area (Å²) in [5, 5.41) is 5.83. The molecule has 3 aliphatic rings. The monoisotopic (exact) mass is 585 g/mol. The molecule has 13 heteroatoms. The van der Waals surface area contributed by atoms with Crippen LogP contribution in [0.25, 0.3) is 0 Å². The summed E-state index contributed by atoms with van der Waals surface area (Å²) in [6, 6.07) is -0.0834. The zero-order chi connectivity index (χ0) is 30.2. The van der Waals surface area contributed by atoms with Crippen LogP contribution in [0.15, 0.2) is 18.5 Å². The molecule has 2 bridgehead atoms. The lowest BCUT2D eigenvalue weighted by Gasteiger charge is -2.30. The predicted octanol–water partition coefficient (Wildman–Crippen LogP) is -0.139. The Balaban J connectivity index is 1.55. The van der Waals surface area contributed by atoms with E-state index in [1.54, 1.807) is 18.0 Å². The number of fused-ring (bicyclic) bond motifs is 3. The van der Waals surface area contributed by atoms with Crippen LogP contribution in [0.5, 0.6) is 5.75 Å². The van der Waals surface area contributed by atoms with Crippen LogP contribution in [0.3, 0.4) is 0 Å². The minimum Gasteiger partial charge on any atom is -0.490 e. The molecule has 4 heterocycles. The minimum atomic E-state index is -1.05. The Bertz CT molecular complexity index is 1160. The number of nitrogens with zero attached hydrogens (tertiary/aromatic N) is 5.